The fourth-order valence-electron chi connectivity index (χ4n) is 2.64. The number of thioether (sulfide) groups is 1. The topological polar surface area (TPSA) is 93.1 Å². The molecule has 1 N–H and O–H groups in total. The van der Waals surface area contributed by atoms with Crippen LogP contribution in [0.5, 0.6) is 11.5 Å². The van der Waals surface area contributed by atoms with Crippen molar-refractivity contribution in [1.29, 1.82) is 0 Å². The maximum atomic E-state index is 12.6. The van der Waals surface area contributed by atoms with Gasteiger partial charge in [0, 0.05) is 5.56 Å². The molecule has 0 aromatic heterocycles. The number of phenolic OH excluding ortho intramolecular Hbond substituents is 1. The number of rotatable bonds is 7. The average Bonchev–Trinajstić information content (AvgIpc) is 2.85. The highest BCUT2D eigenvalue weighted by molar-refractivity contribution is 8.18. The summed E-state index contributed by atoms with van der Waals surface area (Å²) in [4.78, 5) is 37.9. The Morgan fingerprint density at radius 3 is 2.59 bits per heavy atom. The van der Waals surface area contributed by atoms with Gasteiger partial charge in [0.2, 0.25) is 0 Å². The van der Waals surface area contributed by atoms with Gasteiger partial charge in [0.25, 0.3) is 11.1 Å². The minimum absolute atomic E-state index is 0.0157. The van der Waals surface area contributed by atoms with Crippen molar-refractivity contribution >= 4 is 35.0 Å². The Kier molecular flexibility index (Phi) is 7.13. The quantitative estimate of drug-likeness (QED) is 0.407. The number of ether oxygens (including phenoxy) is 2. The summed E-state index contributed by atoms with van der Waals surface area (Å²) < 4.78 is 10.6. The molecule has 0 unspecified atom stereocenters. The molecule has 0 aliphatic carbocycles. The summed E-state index contributed by atoms with van der Waals surface area (Å²) in [5.74, 6) is -0.923. The Labute approximate surface area is 174 Å². The molecule has 1 saturated heterocycles. The number of hydrogen-bond acceptors (Lipinski definition) is 7. The molecular formula is C21H25NO6S. The smallest absolute Gasteiger partial charge is 0.326 e. The monoisotopic (exact) mass is 419 g/mol. The summed E-state index contributed by atoms with van der Waals surface area (Å²) in [5, 5.41) is 9.75. The maximum absolute atomic E-state index is 12.6. The van der Waals surface area contributed by atoms with Crippen molar-refractivity contribution in [3.63, 3.8) is 0 Å². The highest BCUT2D eigenvalue weighted by Gasteiger charge is 2.37. The molecule has 0 saturated carbocycles. The first-order valence-electron chi connectivity index (χ1n) is 9.12. The first-order valence-corrected chi connectivity index (χ1v) is 9.94. The molecular weight excluding hydrogens is 394 g/mol. The Morgan fingerprint density at radius 2 is 2.00 bits per heavy atom. The lowest BCUT2D eigenvalue weighted by atomic mass is 10.1. The molecule has 2 amide bonds. The van der Waals surface area contributed by atoms with Crippen molar-refractivity contribution in [3.05, 3.63) is 40.8 Å². The summed E-state index contributed by atoms with van der Waals surface area (Å²) >= 11 is 0.747. The minimum atomic E-state index is -0.710. The number of aromatic hydroxyl groups is 1. The van der Waals surface area contributed by atoms with Gasteiger partial charge >= 0.3 is 5.97 Å². The summed E-state index contributed by atoms with van der Waals surface area (Å²) in [5.41, 5.74) is 0.467. The number of carbonyl (C=O) groups is 3. The lowest BCUT2D eigenvalue weighted by Crippen LogP contribution is -2.37. The van der Waals surface area contributed by atoms with Crippen LogP contribution in [0.15, 0.2) is 29.7 Å². The molecule has 1 aliphatic rings. The van der Waals surface area contributed by atoms with Gasteiger partial charge in [-0.05, 0) is 69.6 Å². The highest BCUT2D eigenvalue weighted by atomic mass is 32.2. The van der Waals surface area contributed by atoms with Gasteiger partial charge in [-0.2, -0.15) is 0 Å². The molecule has 0 radical (unpaired) electrons. The van der Waals surface area contributed by atoms with Crippen LogP contribution in [0.4, 0.5) is 4.79 Å². The molecule has 0 bridgehead atoms. The van der Waals surface area contributed by atoms with E-state index in [1.807, 2.05) is 0 Å². The van der Waals surface area contributed by atoms with Crippen molar-refractivity contribution in [3.8, 4) is 11.5 Å². The van der Waals surface area contributed by atoms with Crippen LogP contribution in [-0.2, 0) is 20.7 Å². The number of amides is 2. The number of nitrogens with zero attached hydrogens (tertiary/aromatic N) is 1. The van der Waals surface area contributed by atoms with Crippen molar-refractivity contribution in [2.24, 2.45) is 0 Å². The number of hydrogen-bond donors (Lipinski definition) is 1. The Balaban J connectivity index is 2.28. The van der Waals surface area contributed by atoms with Crippen LogP contribution >= 0.6 is 11.8 Å². The molecule has 7 nitrogen and oxygen atoms in total. The third-order valence-electron chi connectivity index (χ3n) is 3.72. The van der Waals surface area contributed by atoms with E-state index in [9.17, 15) is 19.5 Å². The third kappa shape index (κ3) is 5.87. The average molecular weight is 419 g/mol. The molecule has 1 heterocycles. The van der Waals surface area contributed by atoms with Gasteiger partial charge in [0.1, 0.15) is 12.1 Å². The second-order valence-corrected chi connectivity index (χ2v) is 8.30. The number of allylic oxidation sites excluding steroid dienone is 1. The second kappa shape index (κ2) is 9.17. The van der Waals surface area contributed by atoms with Gasteiger partial charge in [0.15, 0.2) is 11.5 Å². The van der Waals surface area contributed by atoms with E-state index in [-0.39, 0.29) is 16.4 Å². The largest absolute Gasteiger partial charge is 0.504 e. The van der Waals surface area contributed by atoms with Crippen LogP contribution in [0, 0.1) is 0 Å². The first kappa shape index (κ1) is 22.5. The lowest BCUT2D eigenvalue weighted by molar-refractivity contribution is -0.156. The summed E-state index contributed by atoms with van der Waals surface area (Å²) in [6.07, 6.45) is 3.59. The Hall–Kier alpha value is -2.74. The molecule has 8 heteroatoms. The van der Waals surface area contributed by atoms with Gasteiger partial charge < -0.3 is 14.6 Å². The zero-order valence-corrected chi connectivity index (χ0v) is 17.8. The van der Waals surface area contributed by atoms with Gasteiger partial charge in [-0.15, -0.1) is 6.58 Å². The molecule has 1 aromatic rings. The first-order chi connectivity index (χ1) is 13.6. The lowest BCUT2D eigenvalue weighted by Gasteiger charge is -2.21. The Morgan fingerprint density at radius 1 is 1.31 bits per heavy atom. The highest BCUT2D eigenvalue weighted by Crippen LogP contribution is 2.36. The van der Waals surface area contributed by atoms with Crippen LogP contribution in [-0.4, -0.2) is 45.9 Å². The van der Waals surface area contributed by atoms with E-state index in [2.05, 4.69) is 6.58 Å². The van der Waals surface area contributed by atoms with E-state index in [1.54, 1.807) is 45.9 Å². The van der Waals surface area contributed by atoms with Gasteiger partial charge in [-0.3, -0.25) is 19.3 Å². The number of imide groups is 1. The van der Waals surface area contributed by atoms with E-state index >= 15 is 0 Å². The zero-order valence-electron chi connectivity index (χ0n) is 17.0. The van der Waals surface area contributed by atoms with E-state index < -0.39 is 29.3 Å². The fourth-order valence-corrected chi connectivity index (χ4v) is 3.48. The fraction of sp³-hybridized carbons (Fsp3) is 0.381. The molecule has 29 heavy (non-hydrogen) atoms. The van der Waals surface area contributed by atoms with Crippen molar-refractivity contribution in [2.75, 3.05) is 13.2 Å². The SMILES string of the molecule is C=CCc1cc(C=C2SC(=O)N(CC(=O)OC(C)(C)C)C2=O)cc(OCC)c1O. The van der Waals surface area contributed by atoms with Crippen LogP contribution < -0.4 is 4.74 Å². The molecule has 0 atom stereocenters. The molecule has 2 rings (SSSR count). The van der Waals surface area contributed by atoms with Crippen LogP contribution in [0.2, 0.25) is 0 Å². The van der Waals surface area contributed by atoms with E-state index in [4.69, 9.17) is 9.47 Å². The van der Waals surface area contributed by atoms with E-state index in [0.717, 1.165) is 16.7 Å². The minimum Gasteiger partial charge on any atom is -0.504 e. The van der Waals surface area contributed by atoms with Gasteiger partial charge in [-0.1, -0.05) is 6.08 Å². The van der Waals surface area contributed by atoms with Crippen molar-refractivity contribution in [1.82, 2.24) is 4.90 Å². The van der Waals surface area contributed by atoms with Crippen LogP contribution in [0.1, 0.15) is 38.8 Å². The molecule has 1 aromatic carbocycles. The van der Waals surface area contributed by atoms with Crippen LogP contribution in [0.25, 0.3) is 6.08 Å². The zero-order chi connectivity index (χ0) is 21.8. The summed E-state index contributed by atoms with van der Waals surface area (Å²) in [7, 11) is 0. The molecule has 0 spiro atoms. The second-order valence-electron chi connectivity index (χ2n) is 7.31. The number of phenols is 1. The molecule has 1 fully saturated rings. The Bertz CT molecular complexity index is 869. The van der Waals surface area contributed by atoms with Crippen molar-refractivity contribution in [2.45, 2.75) is 39.7 Å². The van der Waals surface area contributed by atoms with E-state index in [0.29, 0.717) is 24.2 Å². The predicted molar refractivity (Wildman–Crippen MR) is 112 cm³/mol. The maximum Gasteiger partial charge on any atom is 0.326 e. The number of esters is 1. The van der Waals surface area contributed by atoms with Gasteiger partial charge in [-0.25, -0.2) is 0 Å². The van der Waals surface area contributed by atoms with Crippen molar-refractivity contribution < 1.29 is 29.0 Å². The molecule has 1 aliphatic heterocycles. The predicted octanol–water partition coefficient (Wildman–Crippen LogP) is 3.90. The number of benzene rings is 1. The third-order valence-corrected chi connectivity index (χ3v) is 4.63. The number of carbonyl (C=O) groups excluding carboxylic acids is 3. The summed E-state index contributed by atoms with van der Waals surface area (Å²) in [6.45, 7) is 10.5. The van der Waals surface area contributed by atoms with Gasteiger partial charge in [0.05, 0.1) is 11.5 Å². The summed E-state index contributed by atoms with van der Waals surface area (Å²) in [6, 6.07) is 3.29. The van der Waals surface area contributed by atoms with E-state index in [1.165, 1.54) is 6.08 Å². The van der Waals surface area contributed by atoms with Crippen LogP contribution in [0.3, 0.4) is 0 Å². The molecule has 156 valence electrons. The standard InChI is InChI=1S/C21H25NO6S/c1-6-8-14-9-13(10-15(18(14)24)27-7-2)11-16-19(25)22(20(26)29-16)12-17(23)28-21(3,4)5/h6,9-11,24H,1,7-8,12H2,2-5H3. The normalized spacial score (nSPS) is 15.7.